The monoisotopic (exact) mass is 325 g/mol. The van der Waals surface area contributed by atoms with Crippen LogP contribution in [0.25, 0.3) is 0 Å². The fourth-order valence-corrected chi connectivity index (χ4v) is 2.61. The van der Waals surface area contributed by atoms with Gasteiger partial charge in [-0.1, -0.05) is 29.8 Å². The van der Waals surface area contributed by atoms with Gasteiger partial charge in [0.1, 0.15) is 4.90 Å². The van der Waals surface area contributed by atoms with E-state index in [9.17, 15) is 13.2 Å². The van der Waals surface area contributed by atoms with Crippen molar-refractivity contribution in [2.24, 2.45) is 5.14 Å². The molecule has 0 spiro atoms. The summed E-state index contributed by atoms with van der Waals surface area (Å²) in [7, 11) is -3.95. The summed E-state index contributed by atoms with van der Waals surface area (Å²) in [5, 5.41) is 7.80. The number of nitrogens with two attached hydrogens (primary N) is 2. The van der Waals surface area contributed by atoms with E-state index in [1.165, 1.54) is 24.3 Å². The van der Waals surface area contributed by atoms with Crippen molar-refractivity contribution in [2.75, 3.05) is 11.1 Å². The number of para-hydroxylation sites is 2. The molecule has 0 aliphatic rings. The second-order valence-corrected chi connectivity index (χ2v) is 6.13. The number of anilines is 2. The Hall–Kier alpha value is -2.09. The molecule has 0 saturated carbocycles. The van der Waals surface area contributed by atoms with Crippen LogP contribution in [0.1, 0.15) is 10.4 Å². The van der Waals surface area contributed by atoms with Crippen LogP contribution < -0.4 is 16.2 Å². The average molecular weight is 326 g/mol. The summed E-state index contributed by atoms with van der Waals surface area (Å²) < 4.78 is 22.9. The van der Waals surface area contributed by atoms with E-state index < -0.39 is 15.9 Å². The summed E-state index contributed by atoms with van der Waals surface area (Å²) in [6, 6.07) is 10.4. The summed E-state index contributed by atoms with van der Waals surface area (Å²) in [5.74, 6) is -0.578. The number of nitrogens with one attached hydrogen (secondary N) is 1. The second kappa shape index (κ2) is 5.72. The zero-order valence-corrected chi connectivity index (χ0v) is 12.3. The van der Waals surface area contributed by atoms with Crippen LogP contribution in [-0.2, 0) is 10.0 Å². The van der Waals surface area contributed by atoms with Gasteiger partial charge in [0, 0.05) is 0 Å². The van der Waals surface area contributed by atoms with Crippen molar-refractivity contribution in [3.8, 4) is 0 Å². The summed E-state index contributed by atoms with van der Waals surface area (Å²) in [4.78, 5) is 12.0. The van der Waals surface area contributed by atoms with Crippen LogP contribution in [0.3, 0.4) is 0 Å². The first kappa shape index (κ1) is 15.3. The fourth-order valence-electron chi connectivity index (χ4n) is 1.74. The standard InChI is InChI=1S/C13H12ClN3O3S/c14-9-5-3-4-8(12(9)15)13(18)17-10-6-1-2-7-11(10)21(16,19)20/h1-7H,15H2,(H,17,18)(H2,16,19,20). The van der Waals surface area contributed by atoms with E-state index >= 15 is 0 Å². The highest BCUT2D eigenvalue weighted by Gasteiger charge is 2.17. The smallest absolute Gasteiger partial charge is 0.257 e. The molecule has 0 aliphatic carbocycles. The molecule has 21 heavy (non-hydrogen) atoms. The Labute approximate surface area is 126 Å². The van der Waals surface area contributed by atoms with Gasteiger partial charge in [-0.3, -0.25) is 4.79 Å². The van der Waals surface area contributed by atoms with Crippen LogP contribution in [0, 0.1) is 0 Å². The number of benzene rings is 2. The number of sulfonamides is 1. The number of nitrogen functional groups attached to an aromatic ring is 1. The number of primary sulfonamides is 1. The molecule has 0 unspecified atom stereocenters. The van der Waals surface area contributed by atoms with Crippen molar-refractivity contribution in [1.29, 1.82) is 0 Å². The third-order valence-corrected chi connectivity index (χ3v) is 4.04. The highest BCUT2D eigenvalue weighted by molar-refractivity contribution is 7.89. The molecule has 0 bridgehead atoms. The van der Waals surface area contributed by atoms with Crippen molar-refractivity contribution >= 4 is 38.9 Å². The van der Waals surface area contributed by atoms with E-state index in [4.69, 9.17) is 22.5 Å². The molecule has 110 valence electrons. The SMILES string of the molecule is Nc1c(Cl)cccc1C(=O)Nc1ccccc1S(N)(=O)=O. The van der Waals surface area contributed by atoms with Crippen LogP contribution in [0.2, 0.25) is 5.02 Å². The van der Waals surface area contributed by atoms with E-state index in [0.29, 0.717) is 0 Å². The third kappa shape index (κ3) is 3.33. The molecule has 0 heterocycles. The maximum Gasteiger partial charge on any atom is 0.257 e. The van der Waals surface area contributed by atoms with Crippen molar-refractivity contribution in [2.45, 2.75) is 4.90 Å². The molecule has 0 fully saturated rings. The maximum absolute atomic E-state index is 12.2. The fraction of sp³-hybridized carbons (Fsp3) is 0. The zero-order valence-electron chi connectivity index (χ0n) is 10.7. The number of halogens is 1. The van der Waals surface area contributed by atoms with E-state index in [1.807, 2.05) is 0 Å². The van der Waals surface area contributed by atoms with E-state index in [1.54, 1.807) is 18.2 Å². The molecular weight excluding hydrogens is 314 g/mol. The number of carbonyl (C=O) groups is 1. The van der Waals surface area contributed by atoms with E-state index in [0.717, 1.165) is 0 Å². The average Bonchev–Trinajstić information content (AvgIpc) is 2.41. The zero-order chi connectivity index (χ0) is 15.6. The third-order valence-electron chi connectivity index (χ3n) is 2.74. The maximum atomic E-state index is 12.2. The van der Waals surface area contributed by atoms with Gasteiger partial charge in [0.05, 0.1) is 22.0 Å². The van der Waals surface area contributed by atoms with Crippen molar-refractivity contribution < 1.29 is 13.2 Å². The molecule has 0 radical (unpaired) electrons. The first-order valence-corrected chi connectivity index (χ1v) is 7.70. The lowest BCUT2D eigenvalue weighted by atomic mass is 10.1. The largest absolute Gasteiger partial charge is 0.397 e. The lowest BCUT2D eigenvalue weighted by Crippen LogP contribution is -2.19. The molecule has 0 saturated heterocycles. The normalized spacial score (nSPS) is 11.1. The summed E-state index contributed by atoms with van der Waals surface area (Å²) in [6.45, 7) is 0. The van der Waals surface area contributed by atoms with Gasteiger partial charge in [-0.2, -0.15) is 0 Å². The minimum atomic E-state index is -3.95. The quantitative estimate of drug-likeness (QED) is 0.746. The molecule has 5 N–H and O–H groups in total. The Balaban J connectivity index is 2.40. The van der Waals surface area contributed by atoms with Gasteiger partial charge < -0.3 is 11.1 Å². The van der Waals surface area contributed by atoms with Gasteiger partial charge in [0.15, 0.2) is 0 Å². The number of amides is 1. The van der Waals surface area contributed by atoms with Gasteiger partial charge in [-0.05, 0) is 24.3 Å². The molecule has 0 atom stereocenters. The predicted molar refractivity (Wildman–Crippen MR) is 81.6 cm³/mol. The van der Waals surface area contributed by atoms with Crippen LogP contribution in [0.5, 0.6) is 0 Å². The summed E-state index contributed by atoms with van der Waals surface area (Å²) in [5.41, 5.74) is 6.06. The van der Waals surface area contributed by atoms with Crippen LogP contribution in [0.15, 0.2) is 47.4 Å². The first-order chi connectivity index (χ1) is 9.80. The highest BCUT2D eigenvalue weighted by atomic mass is 35.5. The second-order valence-electron chi connectivity index (χ2n) is 4.20. The number of rotatable bonds is 3. The van der Waals surface area contributed by atoms with Gasteiger partial charge in [0.25, 0.3) is 5.91 Å². The van der Waals surface area contributed by atoms with Crippen LogP contribution >= 0.6 is 11.6 Å². The number of hydrogen-bond acceptors (Lipinski definition) is 4. The topological polar surface area (TPSA) is 115 Å². The first-order valence-electron chi connectivity index (χ1n) is 5.78. The minimum absolute atomic E-state index is 0.0735. The van der Waals surface area contributed by atoms with Gasteiger partial charge in [0.2, 0.25) is 10.0 Å². The molecule has 1 amide bonds. The lowest BCUT2D eigenvalue weighted by molar-refractivity contribution is 0.102. The summed E-state index contributed by atoms with van der Waals surface area (Å²) in [6.07, 6.45) is 0. The van der Waals surface area contributed by atoms with Crippen molar-refractivity contribution in [1.82, 2.24) is 0 Å². The van der Waals surface area contributed by atoms with Gasteiger partial charge >= 0.3 is 0 Å². The van der Waals surface area contributed by atoms with Gasteiger partial charge in [-0.25, -0.2) is 13.6 Å². The highest BCUT2D eigenvalue weighted by Crippen LogP contribution is 2.25. The minimum Gasteiger partial charge on any atom is -0.397 e. The Morgan fingerprint density at radius 3 is 2.43 bits per heavy atom. The van der Waals surface area contributed by atoms with Crippen LogP contribution in [-0.4, -0.2) is 14.3 Å². The van der Waals surface area contributed by atoms with Crippen molar-refractivity contribution in [3.05, 3.63) is 53.1 Å². The molecule has 2 rings (SSSR count). The Morgan fingerprint density at radius 1 is 1.10 bits per heavy atom. The number of carbonyl (C=O) groups excluding carboxylic acids is 1. The molecule has 0 aliphatic heterocycles. The Bertz CT molecular complexity index is 806. The molecule has 2 aromatic rings. The van der Waals surface area contributed by atoms with Crippen LogP contribution in [0.4, 0.5) is 11.4 Å². The Kier molecular flexibility index (Phi) is 4.17. The Morgan fingerprint density at radius 2 is 1.76 bits per heavy atom. The van der Waals surface area contributed by atoms with Gasteiger partial charge in [-0.15, -0.1) is 0 Å². The van der Waals surface area contributed by atoms with E-state index in [2.05, 4.69) is 5.32 Å². The lowest BCUT2D eigenvalue weighted by Gasteiger charge is -2.11. The molecule has 6 nitrogen and oxygen atoms in total. The molecule has 0 aromatic heterocycles. The van der Waals surface area contributed by atoms with E-state index in [-0.39, 0.29) is 26.9 Å². The summed E-state index contributed by atoms with van der Waals surface area (Å²) >= 11 is 5.84. The molecule has 2 aromatic carbocycles. The predicted octanol–water partition coefficient (Wildman–Crippen LogP) is 1.82. The number of hydrogen-bond donors (Lipinski definition) is 3. The molecular formula is C13H12ClN3O3S. The van der Waals surface area contributed by atoms with Crippen molar-refractivity contribution in [3.63, 3.8) is 0 Å². The molecule has 8 heteroatoms.